The molecule has 1 N–H and O–H groups in total. The molecule has 1 fully saturated rings. The van der Waals surface area contributed by atoms with E-state index in [9.17, 15) is 31.1 Å². The van der Waals surface area contributed by atoms with Gasteiger partial charge in [0.05, 0.1) is 24.3 Å². The van der Waals surface area contributed by atoms with Crippen LogP contribution >= 0.6 is 0 Å². The first-order chi connectivity index (χ1) is 17.5. The highest BCUT2D eigenvalue weighted by molar-refractivity contribution is 6.06. The zero-order chi connectivity index (χ0) is 26.6. The van der Waals surface area contributed by atoms with Crippen LogP contribution in [0.3, 0.4) is 0 Å². The Morgan fingerprint density at radius 1 is 0.865 bits per heavy atom. The van der Waals surface area contributed by atoms with Crippen molar-refractivity contribution in [1.29, 1.82) is 0 Å². The van der Waals surface area contributed by atoms with Gasteiger partial charge in [0.2, 0.25) is 0 Å². The number of ether oxygens (including phenoxy) is 1. The molecule has 3 aromatic rings. The summed E-state index contributed by atoms with van der Waals surface area (Å²) in [5.74, 6) is -1.14. The average molecular weight is 525 g/mol. The summed E-state index contributed by atoms with van der Waals surface area (Å²) < 4.78 is 88.7. The van der Waals surface area contributed by atoms with E-state index in [-0.39, 0.29) is 17.9 Å². The molecule has 1 aliphatic heterocycles. The maximum absolute atomic E-state index is 14.4. The molecule has 2 heterocycles. The Kier molecular flexibility index (Phi) is 7.93. The number of nitrogens with one attached hydrogen (secondary N) is 1. The van der Waals surface area contributed by atoms with Gasteiger partial charge in [0.15, 0.2) is 0 Å². The quantitative estimate of drug-likeness (QED) is 0.376. The van der Waals surface area contributed by atoms with Gasteiger partial charge in [0, 0.05) is 37.6 Å². The van der Waals surface area contributed by atoms with E-state index in [1.807, 2.05) is 0 Å². The maximum Gasteiger partial charge on any atom is 0.432 e. The van der Waals surface area contributed by atoms with Crippen LogP contribution in [0.1, 0.15) is 28.0 Å². The molecule has 198 valence electrons. The predicted molar refractivity (Wildman–Crippen MR) is 126 cm³/mol. The van der Waals surface area contributed by atoms with E-state index >= 15 is 0 Å². The molecule has 0 spiro atoms. The van der Waals surface area contributed by atoms with Crippen molar-refractivity contribution in [2.75, 3.05) is 38.2 Å². The number of halogens is 6. The molecular formula is C26H25F6N3O2. The Balaban J connectivity index is 1.69. The van der Waals surface area contributed by atoms with Crippen molar-refractivity contribution >= 4 is 11.6 Å². The normalized spacial score (nSPS) is 15.1. The summed E-state index contributed by atoms with van der Waals surface area (Å²) >= 11 is 0. The minimum Gasteiger partial charge on any atom is -0.379 e. The third-order valence-electron chi connectivity index (χ3n) is 6.09. The molecule has 1 saturated heterocycles. The Bertz CT molecular complexity index is 1220. The number of aromatic nitrogens is 1. The fraction of sp³-hybridized carbons (Fsp3) is 0.346. The number of hydrogen-bond donors (Lipinski definition) is 1. The van der Waals surface area contributed by atoms with Gasteiger partial charge >= 0.3 is 12.4 Å². The molecule has 0 aliphatic carbocycles. The topological polar surface area (TPSA) is 46.5 Å². The number of hydrogen-bond acceptors (Lipinski definition) is 3. The van der Waals surface area contributed by atoms with E-state index in [1.165, 1.54) is 6.07 Å². The van der Waals surface area contributed by atoms with Gasteiger partial charge in [-0.2, -0.15) is 26.3 Å². The zero-order valence-electron chi connectivity index (χ0n) is 19.7. The summed E-state index contributed by atoms with van der Waals surface area (Å²) in [7, 11) is 0. The van der Waals surface area contributed by atoms with Gasteiger partial charge in [-0.25, -0.2) is 0 Å². The van der Waals surface area contributed by atoms with Crippen LogP contribution in [0.15, 0.2) is 60.7 Å². The first-order valence-electron chi connectivity index (χ1n) is 11.7. The molecule has 1 amide bonds. The number of rotatable bonds is 7. The second-order valence-electron chi connectivity index (χ2n) is 8.65. The van der Waals surface area contributed by atoms with E-state index in [0.717, 1.165) is 22.8 Å². The van der Waals surface area contributed by atoms with Crippen LogP contribution in [0.2, 0.25) is 0 Å². The molecular weight excluding hydrogens is 500 g/mol. The Morgan fingerprint density at radius 2 is 1.57 bits per heavy atom. The monoisotopic (exact) mass is 525 g/mol. The number of benzene rings is 2. The summed E-state index contributed by atoms with van der Waals surface area (Å²) in [5.41, 5.74) is -2.39. The molecule has 0 bridgehead atoms. The molecule has 4 rings (SSSR count). The van der Waals surface area contributed by atoms with E-state index in [2.05, 4.69) is 10.2 Å². The van der Waals surface area contributed by atoms with Crippen molar-refractivity contribution in [2.45, 2.75) is 25.3 Å². The first-order valence-corrected chi connectivity index (χ1v) is 11.7. The predicted octanol–water partition coefficient (Wildman–Crippen LogP) is 6.17. The minimum absolute atomic E-state index is 0.00668. The van der Waals surface area contributed by atoms with Crippen molar-refractivity contribution < 1.29 is 35.9 Å². The number of morpholine rings is 1. The summed E-state index contributed by atoms with van der Waals surface area (Å²) in [4.78, 5) is 15.1. The van der Waals surface area contributed by atoms with Crippen LogP contribution in [0.25, 0.3) is 11.3 Å². The molecule has 11 heteroatoms. The molecule has 37 heavy (non-hydrogen) atoms. The lowest BCUT2D eigenvalue weighted by molar-refractivity contribution is -0.143. The SMILES string of the molecule is O=C(Nc1cccc(C(F)(F)F)c1)c1cc(-c2ccccc2)n(CCCN2CCOCC2)c1C(F)(F)F. The van der Waals surface area contributed by atoms with Crippen molar-refractivity contribution in [3.63, 3.8) is 0 Å². The highest BCUT2D eigenvalue weighted by Crippen LogP contribution is 2.38. The van der Waals surface area contributed by atoms with Crippen LogP contribution in [0.4, 0.5) is 32.0 Å². The molecule has 1 aliphatic rings. The summed E-state index contributed by atoms with van der Waals surface area (Å²) in [6.45, 7) is 3.05. The number of amides is 1. The van der Waals surface area contributed by atoms with Crippen molar-refractivity contribution in [3.8, 4) is 11.3 Å². The Labute approximate surface area is 209 Å². The first kappa shape index (κ1) is 26.7. The van der Waals surface area contributed by atoms with Gasteiger partial charge < -0.3 is 14.6 Å². The van der Waals surface area contributed by atoms with Crippen molar-refractivity contribution in [2.24, 2.45) is 0 Å². The molecule has 0 atom stereocenters. The van der Waals surface area contributed by atoms with E-state index in [4.69, 9.17) is 4.74 Å². The van der Waals surface area contributed by atoms with Crippen LogP contribution in [0.5, 0.6) is 0 Å². The average Bonchev–Trinajstić information content (AvgIpc) is 3.25. The van der Waals surface area contributed by atoms with Gasteiger partial charge in [-0.1, -0.05) is 36.4 Å². The lowest BCUT2D eigenvalue weighted by atomic mass is 10.1. The Morgan fingerprint density at radius 3 is 2.22 bits per heavy atom. The highest BCUT2D eigenvalue weighted by atomic mass is 19.4. The van der Waals surface area contributed by atoms with Crippen LogP contribution < -0.4 is 5.32 Å². The molecule has 2 aromatic carbocycles. The van der Waals surface area contributed by atoms with Crippen LogP contribution in [-0.2, 0) is 23.6 Å². The van der Waals surface area contributed by atoms with Crippen LogP contribution in [0, 0.1) is 0 Å². The van der Waals surface area contributed by atoms with E-state index in [0.29, 0.717) is 50.9 Å². The molecule has 0 unspecified atom stereocenters. The molecule has 0 radical (unpaired) electrons. The second kappa shape index (κ2) is 11.0. The van der Waals surface area contributed by atoms with Crippen molar-refractivity contribution in [1.82, 2.24) is 9.47 Å². The van der Waals surface area contributed by atoms with Gasteiger partial charge in [0.25, 0.3) is 5.91 Å². The Hall–Kier alpha value is -3.31. The van der Waals surface area contributed by atoms with Gasteiger partial charge in [0.1, 0.15) is 5.69 Å². The lowest BCUT2D eigenvalue weighted by Crippen LogP contribution is -2.37. The third-order valence-corrected chi connectivity index (χ3v) is 6.09. The second-order valence-corrected chi connectivity index (χ2v) is 8.65. The third kappa shape index (κ3) is 6.53. The van der Waals surface area contributed by atoms with Gasteiger partial charge in [-0.15, -0.1) is 0 Å². The standard InChI is InChI=1S/C26H25F6N3O2/c27-25(28,29)19-8-4-9-20(16-19)33-24(36)21-17-22(18-6-2-1-3-7-18)35(23(21)26(30,31)32)11-5-10-34-12-14-37-15-13-34/h1-4,6-9,16-17H,5,10-15H2,(H,33,36). The largest absolute Gasteiger partial charge is 0.432 e. The summed E-state index contributed by atoms with van der Waals surface area (Å²) in [6, 6.07) is 13.3. The molecule has 1 aromatic heterocycles. The minimum atomic E-state index is -4.88. The molecule has 0 saturated carbocycles. The fourth-order valence-electron chi connectivity index (χ4n) is 4.36. The maximum atomic E-state index is 14.4. The zero-order valence-corrected chi connectivity index (χ0v) is 19.7. The number of anilines is 1. The number of nitrogens with zero attached hydrogens (tertiary/aromatic N) is 2. The van der Waals surface area contributed by atoms with Crippen molar-refractivity contribution in [3.05, 3.63) is 77.5 Å². The number of carbonyl (C=O) groups excluding carboxylic acids is 1. The number of alkyl halides is 6. The van der Waals surface area contributed by atoms with Gasteiger partial charge in [-0.05, 0) is 36.2 Å². The smallest absolute Gasteiger partial charge is 0.379 e. The highest BCUT2D eigenvalue weighted by Gasteiger charge is 2.41. The summed E-state index contributed by atoms with van der Waals surface area (Å²) in [5, 5.41) is 2.21. The van der Waals surface area contributed by atoms with Gasteiger partial charge in [-0.3, -0.25) is 9.69 Å². The van der Waals surface area contributed by atoms with E-state index < -0.39 is 35.1 Å². The van der Waals surface area contributed by atoms with Crippen LogP contribution in [-0.4, -0.2) is 48.2 Å². The van der Waals surface area contributed by atoms with E-state index in [1.54, 1.807) is 30.3 Å². The fourth-order valence-corrected chi connectivity index (χ4v) is 4.36. The number of carbonyl (C=O) groups is 1. The molecule has 5 nitrogen and oxygen atoms in total. The summed E-state index contributed by atoms with van der Waals surface area (Å²) in [6.07, 6.45) is -9.15. The lowest BCUT2D eigenvalue weighted by Gasteiger charge is -2.27.